The maximum absolute atomic E-state index is 11.5. The summed E-state index contributed by atoms with van der Waals surface area (Å²) in [4.78, 5) is 37.8. The van der Waals surface area contributed by atoms with Crippen molar-refractivity contribution < 1.29 is 24.3 Å². The van der Waals surface area contributed by atoms with Crippen LogP contribution in [0.3, 0.4) is 0 Å². The van der Waals surface area contributed by atoms with Gasteiger partial charge in [0.05, 0.1) is 4.88 Å². The van der Waals surface area contributed by atoms with Crippen molar-refractivity contribution in [3.05, 3.63) is 22.4 Å². The van der Waals surface area contributed by atoms with Gasteiger partial charge in [-0.3, -0.25) is 14.4 Å². The number of aliphatic carboxylic acids is 1. The summed E-state index contributed by atoms with van der Waals surface area (Å²) in [5.74, 6) is -1.76. The maximum Gasteiger partial charge on any atom is 0.332 e. The molecule has 19 heavy (non-hydrogen) atoms. The SMILES string of the molecule is O=C(O)CONC(=O)CCCNC(=O)c1cccs1. The average Bonchev–Trinajstić information content (AvgIpc) is 2.87. The van der Waals surface area contributed by atoms with Crippen LogP contribution in [-0.4, -0.2) is 36.0 Å². The average molecular weight is 286 g/mol. The molecule has 2 amide bonds. The molecular formula is C11H14N2O5S. The van der Waals surface area contributed by atoms with Crippen LogP contribution in [0.4, 0.5) is 0 Å². The first kappa shape index (κ1) is 15.1. The number of hydroxylamine groups is 1. The van der Waals surface area contributed by atoms with Gasteiger partial charge >= 0.3 is 5.97 Å². The predicted octanol–water partition coefficient (Wildman–Crippen LogP) is 0.391. The van der Waals surface area contributed by atoms with Gasteiger partial charge in [-0.2, -0.15) is 0 Å². The smallest absolute Gasteiger partial charge is 0.332 e. The molecule has 0 aliphatic carbocycles. The molecule has 0 saturated heterocycles. The van der Waals surface area contributed by atoms with Crippen molar-refractivity contribution in [1.29, 1.82) is 0 Å². The minimum atomic E-state index is -1.16. The van der Waals surface area contributed by atoms with E-state index in [2.05, 4.69) is 10.2 Å². The molecule has 1 heterocycles. The van der Waals surface area contributed by atoms with Crippen molar-refractivity contribution in [2.24, 2.45) is 0 Å². The van der Waals surface area contributed by atoms with E-state index in [9.17, 15) is 14.4 Å². The Balaban J connectivity index is 2.05. The van der Waals surface area contributed by atoms with E-state index in [4.69, 9.17) is 5.11 Å². The van der Waals surface area contributed by atoms with Crippen LogP contribution in [0.15, 0.2) is 17.5 Å². The van der Waals surface area contributed by atoms with Gasteiger partial charge in [-0.15, -0.1) is 11.3 Å². The lowest BCUT2D eigenvalue weighted by atomic mass is 10.3. The standard InChI is InChI=1S/C11H14N2O5S/c14-9(13-18-7-10(15)16)4-1-5-12-11(17)8-3-2-6-19-8/h2-3,6H,1,4-5,7H2,(H,12,17)(H,13,14)(H,15,16). The van der Waals surface area contributed by atoms with Crippen molar-refractivity contribution in [2.75, 3.05) is 13.2 Å². The summed E-state index contributed by atoms with van der Waals surface area (Å²) in [6.45, 7) is -0.218. The van der Waals surface area contributed by atoms with Crippen LogP contribution in [0.1, 0.15) is 22.5 Å². The van der Waals surface area contributed by atoms with Crippen molar-refractivity contribution in [1.82, 2.24) is 10.8 Å². The van der Waals surface area contributed by atoms with E-state index in [0.29, 0.717) is 17.8 Å². The molecule has 0 radical (unpaired) electrons. The Kier molecular flexibility index (Phi) is 6.55. The molecule has 0 aromatic carbocycles. The third kappa shape index (κ3) is 6.53. The number of hydrogen-bond donors (Lipinski definition) is 3. The number of carbonyl (C=O) groups is 3. The fraction of sp³-hybridized carbons (Fsp3) is 0.364. The molecule has 8 heteroatoms. The Hall–Kier alpha value is -1.93. The Bertz CT molecular complexity index is 432. The molecule has 7 nitrogen and oxygen atoms in total. The maximum atomic E-state index is 11.5. The summed E-state index contributed by atoms with van der Waals surface area (Å²) >= 11 is 1.34. The van der Waals surface area contributed by atoms with Crippen molar-refractivity contribution >= 4 is 29.1 Å². The highest BCUT2D eigenvalue weighted by Crippen LogP contribution is 2.07. The molecule has 3 N–H and O–H groups in total. The molecule has 0 fully saturated rings. The van der Waals surface area contributed by atoms with Gasteiger partial charge in [-0.05, 0) is 17.9 Å². The van der Waals surface area contributed by atoms with Gasteiger partial charge in [0.15, 0.2) is 6.61 Å². The Morgan fingerprint density at radius 1 is 1.37 bits per heavy atom. The van der Waals surface area contributed by atoms with Crippen molar-refractivity contribution in [3.8, 4) is 0 Å². The van der Waals surface area contributed by atoms with E-state index in [-0.39, 0.29) is 12.3 Å². The van der Waals surface area contributed by atoms with Crippen molar-refractivity contribution in [3.63, 3.8) is 0 Å². The highest BCUT2D eigenvalue weighted by atomic mass is 32.1. The largest absolute Gasteiger partial charge is 0.479 e. The molecule has 0 atom stereocenters. The second kappa shape index (κ2) is 8.22. The van der Waals surface area contributed by atoms with Crippen LogP contribution in [0.2, 0.25) is 0 Å². The van der Waals surface area contributed by atoms with Gasteiger partial charge in [0.1, 0.15) is 0 Å². The van der Waals surface area contributed by atoms with Gasteiger partial charge in [-0.25, -0.2) is 10.3 Å². The first-order valence-electron chi connectivity index (χ1n) is 5.53. The van der Waals surface area contributed by atoms with Crippen LogP contribution in [0, 0.1) is 0 Å². The van der Waals surface area contributed by atoms with Crippen LogP contribution < -0.4 is 10.8 Å². The predicted molar refractivity (Wildman–Crippen MR) is 67.6 cm³/mol. The highest BCUT2D eigenvalue weighted by molar-refractivity contribution is 7.12. The second-order valence-electron chi connectivity index (χ2n) is 3.54. The van der Waals surface area contributed by atoms with Crippen molar-refractivity contribution in [2.45, 2.75) is 12.8 Å². The van der Waals surface area contributed by atoms with E-state index in [1.165, 1.54) is 11.3 Å². The zero-order valence-electron chi connectivity index (χ0n) is 10.0. The number of hydrogen-bond acceptors (Lipinski definition) is 5. The van der Waals surface area contributed by atoms with Gasteiger partial charge in [0, 0.05) is 13.0 Å². The topological polar surface area (TPSA) is 105 Å². The normalized spacial score (nSPS) is 9.89. The summed E-state index contributed by atoms with van der Waals surface area (Å²) < 4.78 is 0. The number of nitrogens with one attached hydrogen (secondary N) is 2. The van der Waals surface area contributed by atoms with Gasteiger partial charge in [-0.1, -0.05) is 6.07 Å². The lowest BCUT2D eigenvalue weighted by Crippen LogP contribution is -2.28. The zero-order valence-corrected chi connectivity index (χ0v) is 10.9. The van der Waals surface area contributed by atoms with E-state index in [1.54, 1.807) is 12.1 Å². The summed E-state index contributed by atoms with van der Waals surface area (Å²) in [6, 6.07) is 3.50. The number of carboxylic acids is 1. The monoisotopic (exact) mass is 286 g/mol. The summed E-state index contributed by atoms with van der Waals surface area (Å²) in [5.41, 5.74) is 2.00. The Labute approximate surface area is 113 Å². The number of rotatable bonds is 8. The van der Waals surface area contributed by atoms with E-state index >= 15 is 0 Å². The number of carboxylic acid groups (broad SMARTS) is 1. The van der Waals surface area contributed by atoms with Gasteiger partial charge < -0.3 is 10.4 Å². The van der Waals surface area contributed by atoms with Gasteiger partial charge in [0.2, 0.25) is 5.91 Å². The molecule has 0 bridgehead atoms. The summed E-state index contributed by atoms with van der Waals surface area (Å²) in [7, 11) is 0. The molecule has 0 aliphatic heterocycles. The van der Waals surface area contributed by atoms with Gasteiger partial charge in [0.25, 0.3) is 5.91 Å². The minimum Gasteiger partial charge on any atom is -0.479 e. The molecule has 1 rings (SSSR count). The first-order chi connectivity index (χ1) is 9.09. The molecule has 1 aromatic rings. The molecule has 0 saturated carbocycles. The quantitative estimate of drug-likeness (QED) is 0.473. The number of thiophene rings is 1. The highest BCUT2D eigenvalue weighted by Gasteiger charge is 2.06. The Morgan fingerprint density at radius 3 is 2.79 bits per heavy atom. The molecule has 104 valence electrons. The van der Waals surface area contributed by atoms with Crippen LogP contribution in [0.25, 0.3) is 0 Å². The fourth-order valence-electron chi connectivity index (χ4n) is 1.18. The van der Waals surface area contributed by atoms with Crippen LogP contribution in [0.5, 0.6) is 0 Å². The molecule has 1 aromatic heterocycles. The molecule has 0 spiro atoms. The summed E-state index contributed by atoms with van der Waals surface area (Å²) in [6.07, 6.45) is 0.587. The molecule has 0 unspecified atom stereocenters. The minimum absolute atomic E-state index is 0.143. The number of amides is 2. The van der Waals surface area contributed by atoms with Crippen LogP contribution in [-0.2, 0) is 14.4 Å². The third-order valence-corrected chi connectivity index (χ3v) is 2.86. The van der Waals surface area contributed by atoms with Crippen LogP contribution >= 0.6 is 11.3 Å². The first-order valence-corrected chi connectivity index (χ1v) is 6.41. The fourth-order valence-corrected chi connectivity index (χ4v) is 1.82. The zero-order chi connectivity index (χ0) is 14.1. The van der Waals surface area contributed by atoms with E-state index < -0.39 is 18.5 Å². The Morgan fingerprint density at radius 2 is 2.16 bits per heavy atom. The second-order valence-corrected chi connectivity index (χ2v) is 4.49. The van der Waals surface area contributed by atoms with E-state index in [0.717, 1.165) is 0 Å². The summed E-state index contributed by atoms with van der Waals surface area (Å²) in [5, 5.41) is 12.7. The third-order valence-electron chi connectivity index (χ3n) is 1.99. The molecule has 0 aliphatic rings. The lowest BCUT2D eigenvalue weighted by Gasteiger charge is -2.05. The molecular weight excluding hydrogens is 272 g/mol. The number of carbonyl (C=O) groups excluding carboxylic acids is 2. The lowest BCUT2D eigenvalue weighted by molar-refractivity contribution is -0.149. The van der Waals surface area contributed by atoms with E-state index in [1.807, 2.05) is 10.9 Å².